The lowest BCUT2D eigenvalue weighted by Crippen LogP contribution is -2.31. The second-order valence-electron chi connectivity index (χ2n) is 4.87. The van der Waals surface area contributed by atoms with Crippen LogP contribution < -0.4 is 11.1 Å². The number of amides is 1. The van der Waals surface area contributed by atoms with Crippen LogP contribution in [0.1, 0.15) is 24.3 Å². The number of rotatable bonds is 3. The fourth-order valence-corrected chi connectivity index (χ4v) is 2.22. The molecular weight excluding hydrogens is 200 g/mol. The summed E-state index contributed by atoms with van der Waals surface area (Å²) in [7, 11) is 0. The van der Waals surface area contributed by atoms with Crippen molar-refractivity contribution in [2.45, 2.75) is 30.8 Å². The van der Waals surface area contributed by atoms with Gasteiger partial charge < -0.3 is 11.1 Å². The molecular formula is C13H16N2O. The van der Waals surface area contributed by atoms with Crippen LogP contribution in [0.25, 0.3) is 0 Å². The fourth-order valence-electron chi connectivity index (χ4n) is 2.22. The molecule has 3 nitrogen and oxygen atoms in total. The molecule has 4 unspecified atom stereocenters. The summed E-state index contributed by atoms with van der Waals surface area (Å²) in [6, 6.07) is 10.7. The minimum absolute atomic E-state index is 0.176. The second kappa shape index (κ2) is 3.59. The molecule has 84 valence electrons. The zero-order valence-corrected chi connectivity index (χ0v) is 9.10. The van der Waals surface area contributed by atoms with Gasteiger partial charge in [-0.25, -0.2) is 0 Å². The largest absolute Gasteiger partial charge is 0.351 e. The molecule has 0 bridgehead atoms. The third kappa shape index (κ3) is 1.83. The molecule has 2 fully saturated rings. The van der Waals surface area contributed by atoms with E-state index in [2.05, 4.69) is 17.4 Å². The lowest BCUT2D eigenvalue weighted by Gasteiger charge is -2.03. The maximum atomic E-state index is 11.8. The molecule has 0 heterocycles. The molecule has 4 atom stereocenters. The Morgan fingerprint density at radius 3 is 2.56 bits per heavy atom. The summed E-state index contributed by atoms with van der Waals surface area (Å²) in [5, 5.41) is 3.00. The zero-order valence-electron chi connectivity index (χ0n) is 9.10. The van der Waals surface area contributed by atoms with Crippen LogP contribution >= 0.6 is 0 Å². The van der Waals surface area contributed by atoms with Crippen molar-refractivity contribution in [3.63, 3.8) is 0 Å². The van der Waals surface area contributed by atoms with E-state index in [1.165, 1.54) is 5.56 Å². The lowest BCUT2D eigenvalue weighted by molar-refractivity contribution is -0.122. The third-order valence-electron chi connectivity index (χ3n) is 3.52. The average molecular weight is 216 g/mol. The van der Waals surface area contributed by atoms with Gasteiger partial charge >= 0.3 is 0 Å². The minimum Gasteiger partial charge on any atom is -0.351 e. The summed E-state index contributed by atoms with van der Waals surface area (Å²) in [4.78, 5) is 11.8. The van der Waals surface area contributed by atoms with Crippen LogP contribution in [0, 0.1) is 5.92 Å². The molecule has 0 radical (unpaired) electrons. The van der Waals surface area contributed by atoms with Gasteiger partial charge in [0, 0.05) is 18.0 Å². The number of carbonyl (C=O) groups is 1. The van der Waals surface area contributed by atoms with Crippen molar-refractivity contribution < 1.29 is 4.79 Å². The first kappa shape index (κ1) is 9.85. The van der Waals surface area contributed by atoms with Crippen molar-refractivity contribution >= 4 is 5.91 Å². The number of hydrogen-bond donors (Lipinski definition) is 2. The maximum absolute atomic E-state index is 11.8. The molecule has 1 aromatic carbocycles. The van der Waals surface area contributed by atoms with Crippen LogP contribution in [0.15, 0.2) is 30.3 Å². The minimum atomic E-state index is 0.176. The molecule has 0 aromatic heterocycles. The van der Waals surface area contributed by atoms with Gasteiger partial charge in [-0.15, -0.1) is 0 Å². The highest BCUT2D eigenvalue weighted by atomic mass is 16.2. The topological polar surface area (TPSA) is 55.1 Å². The average Bonchev–Trinajstić information content (AvgIpc) is 3.17. The van der Waals surface area contributed by atoms with E-state index in [0.717, 1.165) is 12.8 Å². The quantitative estimate of drug-likeness (QED) is 0.792. The summed E-state index contributed by atoms with van der Waals surface area (Å²) < 4.78 is 0. The van der Waals surface area contributed by atoms with Crippen molar-refractivity contribution in [2.24, 2.45) is 11.7 Å². The number of nitrogens with one attached hydrogen (secondary N) is 1. The Morgan fingerprint density at radius 1 is 1.25 bits per heavy atom. The number of hydrogen-bond acceptors (Lipinski definition) is 2. The van der Waals surface area contributed by atoms with Gasteiger partial charge in [-0.2, -0.15) is 0 Å². The van der Waals surface area contributed by atoms with Crippen molar-refractivity contribution in [2.75, 3.05) is 0 Å². The Morgan fingerprint density at radius 2 is 1.94 bits per heavy atom. The monoisotopic (exact) mass is 216 g/mol. The molecule has 3 heteroatoms. The first-order valence-corrected chi connectivity index (χ1v) is 5.86. The highest BCUT2D eigenvalue weighted by molar-refractivity contribution is 5.83. The molecule has 1 amide bonds. The Labute approximate surface area is 95.0 Å². The maximum Gasteiger partial charge on any atom is 0.224 e. The Kier molecular flexibility index (Phi) is 2.21. The van der Waals surface area contributed by atoms with Gasteiger partial charge in [-0.05, 0) is 24.3 Å². The number of benzene rings is 1. The van der Waals surface area contributed by atoms with E-state index in [0.29, 0.717) is 5.92 Å². The van der Waals surface area contributed by atoms with Gasteiger partial charge in [0.25, 0.3) is 0 Å². The van der Waals surface area contributed by atoms with Gasteiger partial charge in [-0.3, -0.25) is 4.79 Å². The van der Waals surface area contributed by atoms with Gasteiger partial charge in [0.15, 0.2) is 0 Å². The molecule has 3 N–H and O–H groups in total. The van der Waals surface area contributed by atoms with Crippen LogP contribution in [0.5, 0.6) is 0 Å². The van der Waals surface area contributed by atoms with E-state index in [1.54, 1.807) is 0 Å². The van der Waals surface area contributed by atoms with Gasteiger partial charge in [0.05, 0.1) is 0 Å². The Bertz CT molecular complexity index is 404. The van der Waals surface area contributed by atoms with Crippen molar-refractivity contribution in [3.8, 4) is 0 Å². The van der Waals surface area contributed by atoms with Crippen LogP contribution in [-0.4, -0.2) is 18.0 Å². The summed E-state index contributed by atoms with van der Waals surface area (Å²) in [5.41, 5.74) is 6.95. The molecule has 0 aliphatic heterocycles. The molecule has 2 saturated carbocycles. The number of nitrogens with two attached hydrogens (primary N) is 1. The van der Waals surface area contributed by atoms with Crippen molar-refractivity contribution in [1.29, 1.82) is 0 Å². The first-order valence-electron chi connectivity index (χ1n) is 5.86. The Hall–Kier alpha value is -1.35. The molecule has 16 heavy (non-hydrogen) atoms. The van der Waals surface area contributed by atoms with E-state index in [4.69, 9.17) is 5.73 Å². The predicted molar refractivity (Wildman–Crippen MR) is 61.8 cm³/mol. The molecule has 2 aliphatic carbocycles. The van der Waals surface area contributed by atoms with Crippen molar-refractivity contribution in [1.82, 2.24) is 5.32 Å². The number of carbonyl (C=O) groups excluding carboxylic acids is 1. The van der Waals surface area contributed by atoms with Gasteiger partial charge in [0.2, 0.25) is 5.91 Å². The van der Waals surface area contributed by atoms with E-state index < -0.39 is 0 Å². The smallest absolute Gasteiger partial charge is 0.224 e. The van der Waals surface area contributed by atoms with Crippen LogP contribution in [0.4, 0.5) is 0 Å². The van der Waals surface area contributed by atoms with E-state index in [9.17, 15) is 4.79 Å². The summed E-state index contributed by atoms with van der Waals surface area (Å²) >= 11 is 0. The molecule has 0 saturated heterocycles. The van der Waals surface area contributed by atoms with Crippen LogP contribution in [-0.2, 0) is 4.79 Å². The van der Waals surface area contributed by atoms with E-state index >= 15 is 0 Å². The van der Waals surface area contributed by atoms with Crippen LogP contribution in [0.3, 0.4) is 0 Å². The van der Waals surface area contributed by atoms with Gasteiger partial charge in [-0.1, -0.05) is 30.3 Å². The van der Waals surface area contributed by atoms with E-state index in [1.807, 2.05) is 18.2 Å². The SMILES string of the molecule is NC1CC1NC(=O)C1CC1c1ccccc1. The van der Waals surface area contributed by atoms with Crippen LogP contribution in [0.2, 0.25) is 0 Å². The summed E-state index contributed by atoms with van der Waals surface area (Å²) in [6.45, 7) is 0. The standard InChI is InChI=1S/C13H16N2O/c14-11-7-12(11)15-13(16)10-6-9(10)8-4-2-1-3-5-8/h1-5,9-12H,6-7,14H2,(H,15,16). The molecule has 0 spiro atoms. The zero-order chi connectivity index (χ0) is 11.1. The highest BCUT2D eigenvalue weighted by Gasteiger charge is 2.46. The Balaban J connectivity index is 1.57. The fraction of sp³-hybridized carbons (Fsp3) is 0.462. The highest BCUT2D eigenvalue weighted by Crippen LogP contribution is 2.47. The van der Waals surface area contributed by atoms with Crippen molar-refractivity contribution in [3.05, 3.63) is 35.9 Å². The third-order valence-corrected chi connectivity index (χ3v) is 3.52. The predicted octanol–water partition coefficient (Wildman–Crippen LogP) is 1.01. The summed E-state index contributed by atoms with van der Waals surface area (Å²) in [5.74, 6) is 0.790. The normalized spacial score (nSPS) is 35.6. The lowest BCUT2D eigenvalue weighted by atomic mass is 10.1. The second-order valence-corrected chi connectivity index (χ2v) is 4.87. The van der Waals surface area contributed by atoms with E-state index in [-0.39, 0.29) is 23.9 Å². The molecule has 2 aliphatic rings. The molecule has 1 aromatic rings. The first-order chi connectivity index (χ1) is 7.75. The van der Waals surface area contributed by atoms with Gasteiger partial charge in [0.1, 0.15) is 0 Å². The summed E-state index contributed by atoms with van der Waals surface area (Å²) in [6.07, 6.45) is 1.92. The molecule has 3 rings (SSSR count).